The van der Waals surface area contributed by atoms with Crippen LogP contribution in [0.15, 0.2) is 0 Å². The van der Waals surface area contributed by atoms with Gasteiger partial charge in [0.25, 0.3) is 0 Å². The van der Waals surface area contributed by atoms with Crippen molar-refractivity contribution < 1.29 is 5.11 Å². The van der Waals surface area contributed by atoms with Gasteiger partial charge in [-0.2, -0.15) is 0 Å². The molecule has 0 spiro atoms. The predicted octanol–water partition coefficient (Wildman–Crippen LogP) is 0.112. The number of likely N-dealkylation sites (tertiary alicyclic amines) is 1. The molecule has 0 aromatic rings. The molecule has 0 aromatic carbocycles. The van der Waals surface area contributed by atoms with E-state index in [9.17, 15) is 5.11 Å². The third-order valence-electron chi connectivity index (χ3n) is 3.69. The summed E-state index contributed by atoms with van der Waals surface area (Å²) in [6.45, 7) is 6.80. The van der Waals surface area contributed by atoms with E-state index in [0.717, 1.165) is 19.5 Å². The van der Waals surface area contributed by atoms with Gasteiger partial charge in [0, 0.05) is 25.2 Å². The zero-order valence-corrected chi connectivity index (χ0v) is 10.7. The number of hydrogen-bond donors (Lipinski definition) is 2. The molecule has 16 heavy (non-hydrogen) atoms. The molecule has 0 amide bonds. The summed E-state index contributed by atoms with van der Waals surface area (Å²) in [6.07, 6.45) is 3.59. The van der Waals surface area contributed by atoms with Gasteiger partial charge in [-0.15, -0.1) is 0 Å². The van der Waals surface area contributed by atoms with E-state index in [2.05, 4.69) is 23.8 Å². The van der Waals surface area contributed by atoms with Crippen LogP contribution in [0.3, 0.4) is 0 Å². The third-order valence-corrected chi connectivity index (χ3v) is 3.69. The second-order valence-corrected chi connectivity index (χ2v) is 4.85. The Kier molecular flexibility index (Phi) is 6.28. The molecule has 4 heteroatoms. The normalized spacial score (nSPS) is 21.6. The summed E-state index contributed by atoms with van der Waals surface area (Å²) < 4.78 is 0. The maximum Gasteiger partial charge on any atom is 0.0601 e. The first-order valence-corrected chi connectivity index (χ1v) is 6.48. The van der Waals surface area contributed by atoms with Gasteiger partial charge >= 0.3 is 0 Å². The molecule has 0 aromatic heterocycles. The molecule has 0 bridgehead atoms. The summed E-state index contributed by atoms with van der Waals surface area (Å²) in [4.78, 5) is 4.69. The van der Waals surface area contributed by atoms with Crippen molar-refractivity contribution in [3.63, 3.8) is 0 Å². The molecule has 1 aliphatic heterocycles. The highest BCUT2D eigenvalue weighted by Crippen LogP contribution is 2.08. The fraction of sp³-hybridized carbons (Fsp3) is 1.00. The largest absolute Gasteiger partial charge is 0.395 e. The van der Waals surface area contributed by atoms with Gasteiger partial charge in [-0.1, -0.05) is 6.92 Å². The third kappa shape index (κ3) is 4.01. The first-order chi connectivity index (χ1) is 7.69. The number of hydrogen-bond acceptors (Lipinski definition) is 4. The molecule has 0 aliphatic carbocycles. The quantitative estimate of drug-likeness (QED) is 0.651. The molecule has 0 saturated carbocycles. The molecule has 96 valence electrons. The van der Waals surface area contributed by atoms with E-state index in [0.29, 0.717) is 0 Å². The molecule has 1 heterocycles. The van der Waals surface area contributed by atoms with Crippen LogP contribution in [0.5, 0.6) is 0 Å². The lowest BCUT2D eigenvalue weighted by molar-refractivity contribution is 0.116. The minimum absolute atomic E-state index is 0.0774. The monoisotopic (exact) mass is 229 g/mol. The lowest BCUT2D eigenvalue weighted by Gasteiger charge is -2.32. The van der Waals surface area contributed by atoms with Crippen molar-refractivity contribution in [1.82, 2.24) is 9.80 Å². The van der Waals surface area contributed by atoms with Crippen molar-refractivity contribution in [3.8, 4) is 0 Å². The molecular weight excluding hydrogens is 202 g/mol. The minimum Gasteiger partial charge on any atom is -0.395 e. The Morgan fingerprint density at radius 3 is 2.50 bits per heavy atom. The van der Waals surface area contributed by atoms with Gasteiger partial charge in [-0.3, -0.25) is 4.90 Å². The number of likely N-dealkylation sites (N-methyl/N-ethyl adjacent to an activating group) is 1. The van der Waals surface area contributed by atoms with Crippen molar-refractivity contribution in [1.29, 1.82) is 0 Å². The number of rotatable bonds is 7. The summed E-state index contributed by atoms with van der Waals surface area (Å²) in [5.74, 6) is 0. The zero-order valence-electron chi connectivity index (χ0n) is 10.7. The van der Waals surface area contributed by atoms with Gasteiger partial charge in [0.1, 0.15) is 0 Å². The van der Waals surface area contributed by atoms with Crippen LogP contribution in [0.1, 0.15) is 26.2 Å². The molecule has 2 unspecified atom stereocenters. The van der Waals surface area contributed by atoms with Crippen LogP contribution in [0, 0.1) is 0 Å². The second-order valence-electron chi connectivity index (χ2n) is 4.85. The molecule has 1 rings (SSSR count). The fourth-order valence-electron chi connectivity index (χ4n) is 2.34. The summed E-state index contributed by atoms with van der Waals surface area (Å²) >= 11 is 0. The van der Waals surface area contributed by atoms with Crippen molar-refractivity contribution in [2.45, 2.75) is 38.3 Å². The molecule has 4 nitrogen and oxygen atoms in total. The first-order valence-electron chi connectivity index (χ1n) is 6.48. The topological polar surface area (TPSA) is 52.7 Å². The van der Waals surface area contributed by atoms with Crippen LogP contribution in [-0.2, 0) is 0 Å². The van der Waals surface area contributed by atoms with Crippen LogP contribution in [0.4, 0.5) is 0 Å². The smallest absolute Gasteiger partial charge is 0.0601 e. The molecule has 1 fully saturated rings. The molecule has 2 atom stereocenters. The average molecular weight is 229 g/mol. The van der Waals surface area contributed by atoms with E-state index in [1.807, 2.05) is 0 Å². The summed E-state index contributed by atoms with van der Waals surface area (Å²) in [6, 6.07) is 0.182. The number of nitrogens with two attached hydrogens (primary N) is 1. The van der Waals surface area contributed by atoms with Gasteiger partial charge in [0.2, 0.25) is 0 Å². The Hall–Kier alpha value is -0.160. The van der Waals surface area contributed by atoms with Gasteiger partial charge in [-0.25, -0.2) is 0 Å². The van der Waals surface area contributed by atoms with E-state index in [4.69, 9.17) is 5.73 Å². The van der Waals surface area contributed by atoms with Crippen LogP contribution in [0.2, 0.25) is 0 Å². The number of aliphatic hydroxyl groups excluding tert-OH is 1. The zero-order chi connectivity index (χ0) is 12.0. The molecule has 1 saturated heterocycles. The highest BCUT2D eigenvalue weighted by atomic mass is 16.3. The van der Waals surface area contributed by atoms with E-state index in [1.54, 1.807) is 0 Å². The van der Waals surface area contributed by atoms with E-state index >= 15 is 0 Å². The second kappa shape index (κ2) is 7.22. The summed E-state index contributed by atoms with van der Waals surface area (Å²) in [5, 5.41) is 9.35. The van der Waals surface area contributed by atoms with E-state index in [-0.39, 0.29) is 18.7 Å². The maximum atomic E-state index is 9.35. The number of aliphatic hydroxyl groups is 1. The van der Waals surface area contributed by atoms with Crippen molar-refractivity contribution in [2.75, 3.05) is 39.8 Å². The first kappa shape index (κ1) is 13.9. The van der Waals surface area contributed by atoms with Crippen LogP contribution in [0.25, 0.3) is 0 Å². The standard InChI is InChI=1S/C12H27N3O/c1-3-11(13)12(10-16)14(2)8-9-15-6-4-5-7-15/h11-12,16H,3-10,13H2,1-2H3. The Balaban J connectivity index is 2.27. The highest BCUT2D eigenvalue weighted by Gasteiger charge is 2.21. The van der Waals surface area contributed by atoms with E-state index in [1.165, 1.54) is 25.9 Å². The maximum absolute atomic E-state index is 9.35. The molecular formula is C12H27N3O. The molecule has 0 radical (unpaired) electrons. The lowest BCUT2D eigenvalue weighted by atomic mass is 10.1. The van der Waals surface area contributed by atoms with Crippen LogP contribution < -0.4 is 5.73 Å². The van der Waals surface area contributed by atoms with Gasteiger partial charge < -0.3 is 15.7 Å². The number of nitrogens with zero attached hydrogens (tertiary/aromatic N) is 2. The van der Waals surface area contributed by atoms with E-state index < -0.39 is 0 Å². The predicted molar refractivity (Wildman–Crippen MR) is 67.4 cm³/mol. The van der Waals surface area contributed by atoms with Crippen molar-refractivity contribution in [3.05, 3.63) is 0 Å². The minimum atomic E-state index is 0.0774. The van der Waals surface area contributed by atoms with Gasteiger partial charge in [0.05, 0.1) is 6.61 Å². The Morgan fingerprint density at radius 2 is 2.00 bits per heavy atom. The van der Waals surface area contributed by atoms with Crippen LogP contribution in [-0.4, -0.2) is 66.8 Å². The lowest BCUT2D eigenvalue weighted by Crippen LogP contribution is -2.50. The summed E-state index contributed by atoms with van der Waals surface area (Å²) in [7, 11) is 2.06. The molecule has 3 N–H and O–H groups in total. The molecule has 1 aliphatic rings. The Labute approximate surface area is 99.4 Å². The van der Waals surface area contributed by atoms with Crippen molar-refractivity contribution >= 4 is 0 Å². The van der Waals surface area contributed by atoms with Gasteiger partial charge in [0.15, 0.2) is 0 Å². The fourth-order valence-corrected chi connectivity index (χ4v) is 2.34. The SMILES string of the molecule is CCC(N)C(CO)N(C)CCN1CCCC1. The van der Waals surface area contributed by atoms with Crippen molar-refractivity contribution in [2.24, 2.45) is 5.73 Å². The van der Waals surface area contributed by atoms with Gasteiger partial charge in [-0.05, 0) is 39.4 Å². The van der Waals surface area contributed by atoms with Crippen LogP contribution >= 0.6 is 0 Å². The highest BCUT2D eigenvalue weighted by molar-refractivity contribution is 4.80. The Morgan fingerprint density at radius 1 is 1.38 bits per heavy atom. The average Bonchev–Trinajstić information content (AvgIpc) is 2.79. The summed E-state index contributed by atoms with van der Waals surface area (Å²) in [5.41, 5.74) is 6.00. The Bertz CT molecular complexity index is 183.